The third kappa shape index (κ3) is 6.23. The van der Waals surface area contributed by atoms with Crippen LogP contribution in [0.4, 0.5) is 0 Å². The summed E-state index contributed by atoms with van der Waals surface area (Å²) in [6.45, 7) is 9.01. The van der Waals surface area contributed by atoms with Gasteiger partial charge < -0.3 is 5.11 Å². The minimum absolute atomic E-state index is 0.462. The highest BCUT2D eigenvalue weighted by atomic mass is 32.2. The molecular formula is C22H33NOS. The van der Waals surface area contributed by atoms with Crippen molar-refractivity contribution in [1.29, 1.82) is 0 Å². The Kier molecular flexibility index (Phi) is 8.63. The molecule has 0 bridgehead atoms. The summed E-state index contributed by atoms with van der Waals surface area (Å²) >= 11 is 1.96. The highest BCUT2D eigenvalue weighted by molar-refractivity contribution is 8.03. The Balaban J connectivity index is 2.02. The van der Waals surface area contributed by atoms with Gasteiger partial charge in [-0.15, -0.1) is 11.8 Å². The standard InChI is InChI=1S/C22H33NOS/c1-4-9-21-19(10-8-12-22(21)24)17-18(3)23(14-5-2)15-13-20-11-6-7-16-25-20/h6-8,10-12,18,24H,4-5,9,13-17H2,1-3H3. The van der Waals surface area contributed by atoms with E-state index in [-0.39, 0.29) is 0 Å². The zero-order chi connectivity index (χ0) is 18.1. The number of phenols is 1. The Hall–Kier alpha value is -1.19. The van der Waals surface area contributed by atoms with Crippen molar-refractivity contribution in [2.24, 2.45) is 0 Å². The highest BCUT2D eigenvalue weighted by Crippen LogP contribution is 2.26. The number of rotatable bonds is 10. The van der Waals surface area contributed by atoms with Gasteiger partial charge in [-0.05, 0) is 61.3 Å². The topological polar surface area (TPSA) is 23.5 Å². The van der Waals surface area contributed by atoms with E-state index in [0.29, 0.717) is 11.8 Å². The molecule has 1 atom stereocenters. The second-order valence-electron chi connectivity index (χ2n) is 6.88. The fourth-order valence-corrected chi connectivity index (χ4v) is 4.31. The number of allylic oxidation sites excluding steroid dienone is 2. The van der Waals surface area contributed by atoms with Crippen LogP contribution < -0.4 is 0 Å². The van der Waals surface area contributed by atoms with Crippen LogP contribution in [0.2, 0.25) is 0 Å². The molecule has 138 valence electrons. The van der Waals surface area contributed by atoms with Crippen LogP contribution >= 0.6 is 11.8 Å². The number of aromatic hydroxyl groups is 1. The lowest BCUT2D eigenvalue weighted by Crippen LogP contribution is -2.36. The van der Waals surface area contributed by atoms with Gasteiger partial charge in [0, 0.05) is 18.3 Å². The Morgan fingerprint density at radius 3 is 2.68 bits per heavy atom. The molecular weight excluding hydrogens is 326 g/mol. The molecule has 0 spiro atoms. The van der Waals surface area contributed by atoms with Gasteiger partial charge in [0.05, 0.1) is 0 Å². The predicted octanol–water partition coefficient (Wildman–Crippen LogP) is 5.56. The van der Waals surface area contributed by atoms with E-state index in [1.54, 1.807) is 0 Å². The van der Waals surface area contributed by atoms with Gasteiger partial charge in [-0.3, -0.25) is 4.90 Å². The summed E-state index contributed by atoms with van der Waals surface area (Å²) in [5.41, 5.74) is 2.45. The summed E-state index contributed by atoms with van der Waals surface area (Å²) in [5, 5.41) is 10.2. The van der Waals surface area contributed by atoms with Crippen molar-refractivity contribution in [3.05, 3.63) is 52.5 Å². The zero-order valence-corrected chi connectivity index (χ0v) is 16.8. The van der Waals surface area contributed by atoms with Crippen molar-refractivity contribution in [3.8, 4) is 5.75 Å². The summed E-state index contributed by atoms with van der Waals surface area (Å²) in [4.78, 5) is 4.11. The van der Waals surface area contributed by atoms with Crippen molar-refractivity contribution < 1.29 is 5.11 Å². The number of phenolic OH excluding ortho intramolecular Hbond substituents is 1. The normalized spacial score (nSPS) is 15.4. The molecule has 1 aliphatic heterocycles. The quantitative estimate of drug-likeness (QED) is 0.591. The number of hydrogen-bond donors (Lipinski definition) is 1. The molecule has 1 N–H and O–H groups in total. The maximum Gasteiger partial charge on any atom is 0.119 e. The van der Waals surface area contributed by atoms with Gasteiger partial charge in [0.1, 0.15) is 5.75 Å². The largest absolute Gasteiger partial charge is 0.508 e. The maximum absolute atomic E-state index is 10.2. The van der Waals surface area contributed by atoms with Crippen LogP contribution in [0.25, 0.3) is 0 Å². The second kappa shape index (κ2) is 10.7. The molecule has 0 aliphatic carbocycles. The van der Waals surface area contributed by atoms with Gasteiger partial charge in [-0.1, -0.05) is 50.6 Å². The average Bonchev–Trinajstić information content (AvgIpc) is 2.62. The molecule has 0 saturated carbocycles. The maximum atomic E-state index is 10.2. The molecule has 1 aliphatic rings. The van der Waals surface area contributed by atoms with Crippen molar-refractivity contribution in [2.45, 2.75) is 58.9 Å². The molecule has 0 saturated heterocycles. The molecule has 3 heteroatoms. The summed E-state index contributed by atoms with van der Waals surface area (Å²) in [6, 6.07) is 6.48. The number of benzene rings is 1. The zero-order valence-electron chi connectivity index (χ0n) is 16.0. The molecule has 1 aromatic rings. The second-order valence-corrected chi connectivity index (χ2v) is 8.02. The van der Waals surface area contributed by atoms with E-state index < -0.39 is 0 Å². The molecule has 1 unspecified atom stereocenters. The lowest BCUT2D eigenvalue weighted by Gasteiger charge is -2.30. The minimum Gasteiger partial charge on any atom is -0.508 e. The summed E-state index contributed by atoms with van der Waals surface area (Å²) in [6.07, 6.45) is 12.0. The van der Waals surface area contributed by atoms with Crippen LogP contribution in [-0.2, 0) is 12.8 Å². The first-order chi connectivity index (χ1) is 12.2. The van der Waals surface area contributed by atoms with Crippen LogP contribution in [-0.4, -0.2) is 34.9 Å². The van der Waals surface area contributed by atoms with Crippen LogP contribution in [0.15, 0.2) is 41.3 Å². The molecule has 1 aromatic carbocycles. The molecule has 0 aromatic heterocycles. The fraction of sp³-hybridized carbons (Fsp3) is 0.545. The van der Waals surface area contributed by atoms with Crippen molar-refractivity contribution in [2.75, 3.05) is 18.8 Å². The van der Waals surface area contributed by atoms with E-state index in [2.05, 4.69) is 50.0 Å². The van der Waals surface area contributed by atoms with Gasteiger partial charge >= 0.3 is 0 Å². The van der Waals surface area contributed by atoms with Crippen LogP contribution in [0.3, 0.4) is 0 Å². The van der Waals surface area contributed by atoms with E-state index in [1.165, 1.54) is 16.9 Å². The summed E-state index contributed by atoms with van der Waals surface area (Å²) in [5.74, 6) is 1.57. The van der Waals surface area contributed by atoms with Gasteiger partial charge in [0.15, 0.2) is 0 Å². The number of hydrogen-bond acceptors (Lipinski definition) is 3. The van der Waals surface area contributed by atoms with E-state index in [0.717, 1.165) is 50.1 Å². The number of nitrogens with zero attached hydrogens (tertiary/aromatic N) is 1. The highest BCUT2D eigenvalue weighted by Gasteiger charge is 2.17. The van der Waals surface area contributed by atoms with E-state index >= 15 is 0 Å². The van der Waals surface area contributed by atoms with Crippen molar-refractivity contribution >= 4 is 11.8 Å². The Labute approximate surface area is 158 Å². The van der Waals surface area contributed by atoms with Crippen LogP contribution in [0, 0.1) is 0 Å². The predicted molar refractivity (Wildman–Crippen MR) is 111 cm³/mol. The first-order valence-corrected chi connectivity index (χ1v) is 10.7. The third-order valence-electron chi connectivity index (χ3n) is 4.83. The first kappa shape index (κ1) is 20.1. The van der Waals surface area contributed by atoms with E-state index in [9.17, 15) is 5.11 Å². The number of thioether (sulfide) groups is 1. The lowest BCUT2D eigenvalue weighted by molar-refractivity contribution is 0.210. The Morgan fingerprint density at radius 2 is 2.00 bits per heavy atom. The molecule has 0 amide bonds. The van der Waals surface area contributed by atoms with Gasteiger partial charge in [-0.2, -0.15) is 0 Å². The SMILES string of the molecule is CCCc1c(O)cccc1CC(C)N(CCC)CCC1=CC=CCS1. The lowest BCUT2D eigenvalue weighted by atomic mass is 9.96. The van der Waals surface area contributed by atoms with E-state index in [4.69, 9.17) is 0 Å². The van der Waals surface area contributed by atoms with Gasteiger partial charge in [-0.25, -0.2) is 0 Å². The molecule has 0 radical (unpaired) electrons. The van der Waals surface area contributed by atoms with Crippen LogP contribution in [0.1, 0.15) is 51.2 Å². The molecule has 25 heavy (non-hydrogen) atoms. The molecule has 2 rings (SSSR count). The van der Waals surface area contributed by atoms with Gasteiger partial charge in [0.25, 0.3) is 0 Å². The molecule has 2 nitrogen and oxygen atoms in total. The molecule has 1 heterocycles. The summed E-state index contributed by atoms with van der Waals surface area (Å²) < 4.78 is 0. The average molecular weight is 360 g/mol. The van der Waals surface area contributed by atoms with E-state index in [1.807, 2.05) is 23.9 Å². The first-order valence-electron chi connectivity index (χ1n) is 9.68. The summed E-state index contributed by atoms with van der Waals surface area (Å²) in [7, 11) is 0. The monoisotopic (exact) mass is 359 g/mol. The van der Waals surface area contributed by atoms with Crippen LogP contribution in [0.5, 0.6) is 5.75 Å². The van der Waals surface area contributed by atoms with Crippen molar-refractivity contribution in [3.63, 3.8) is 0 Å². The fourth-order valence-electron chi connectivity index (χ4n) is 3.48. The van der Waals surface area contributed by atoms with Crippen molar-refractivity contribution in [1.82, 2.24) is 4.90 Å². The smallest absolute Gasteiger partial charge is 0.119 e. The Morgan fingerprint density at radius 1 is 1.16 bits per heavy atom. The van der Waals surface area contributed by atoms with Gasteiger partial charge in [0.2, 0.25) is 0 Å². The Bertz CT molecular complexity index is 594. The molecule has 0 fully saturated rings. The minimum atomic E-state index is 0.462. The third-order valence-corrected chi connectivity index (χ3v) is 5.90.